The van der Waals surface area contributed by atoms with Crippen LogP contribution in [0.15, 0.2) is 11.3 Å². The van der Waals surface area contributed by atoms with Crippen LogP contribution in [0.5, 0.6) is 0 Å². The number of hydrogen-bond acceptors (Lipinski definition) is 3. The van der Waals surface area contributed by atoms with Gasteiger partial charge in [0, 0.05) is 0 Å². The van der Waals surface area contributed by atoms with Crippen molar-refractivity contribution in [3.8, 4) is 0 Å². The topological polar surface area (TPSA) is 38.3 Å². The van der Waals surface area contributed by atoms with Crippen molar-refractivity contribution < 1.29 is 9.53 Å². The minimum absolute atomic E-state index is 0.140. The molecular weight excluding hydrogens is 150 g/mol. The average Bonchev–Trinajstić information content (AvgIpc) is 2.10. The Kier molecular flexibility index (Phi) is 1.72. The van der Waals surface area contributed by atoms with E-state index in [2.05, 4.69) is 22.3 Å². The van der Waals surface area contributed by atoms with Crippen LogP contribution < -0.4 is 5.32 Å². The largest absolute Gasteiger partial charge is 0.394 e. The van der Waals surface area contributed by atoms with Gasteiger partial charge in [0.2, 0.25) is 0 Å². The monoisotopic (exact) mass is 157 g/mol. The van der Waals surface area contributed by atoms with Gasteiger partial charge in [-0.15, -0.1) is 0 Å². The van der Waals surface area contributed by atoms with Crippen LogP contribution in [0.4, 0.5) is 0 Å². The van der Waals surface area contributed by atoms with Crippen LogP contribution in [0.2, 0.25) is 0 Å². The molecular formula is C6H7NO2S. The molecule has 0 bridgehead atoms. The van der Waals surface area contributed by atoms with E-state index >= 15 is 0 Å². The second-order valence-electron chi connectivity index (χ2n) is 2.18. The van der Waals surface area contributed by atoms with Gasteiger partial charge in [-0.3, -0.25) is 0 Å². The number of esters is 1. The Morgan fingerprint density at radius 2 is 2.20 bits per heavy atom. The molecule has 0 aromatic rings. The summed E-state index contributed by atoms with van der Waals surface area (Å²) >= 11 is 4.60. The van der Waals surface area contributed by atoms with Crippen LogP contribution in [-0.4, -0.2) is 11.1 Å². The van der Waals surface area contributed by atoms with Crippen molar-refractivity contribution in [1.82, 2.24) is 5.32 Å². The lowest BCUT2D eigenvalue weighted by Crippen LogP contribution is -2.12. The third-order valence-electron chi connectivity index (χ3n) is 1.12. The Morgan fingerprint density at radius 1 is 1.60 bits per heavy atom. The number of cyclic esters (lactones) is 1. The van der Waals surface area contributed by atoms with E-state index in [0.29, 0.717) is 5.70 Å². The molecule has 0 aliphatic carbocycles. The number of carbonyl (C=O) groups excluding carboxylic acids is 1. The maximum absolute atomic E-state index is 10.8. The van der Waals surface area contributed by atoms with Crippen molar-refractivity contribution in [3.05, 3.63) is 11.3 Å². The number of allylic oxidation sites excluding steroid dienone is 1. The van der Waals surface area contributed by atoms with Crippen molar-refractivity contribution in [2.45, 2.75) is 13.8 Å². The zero-order valence-corrected chi connectivity index (χ0v) is 6.54. The van der Waals surface area contributed by atoms with Crippen LogP contribution in [0.25, 0.3) is 0 Å². The minimum Gasteiger partial charge on any atom is -0.394 e. The molecule has 0 unspecified atom stereocenters. The van der Waals surface area contributed by atoms with Gasteiger partial charge >= 0.3 is 5.97 Å². The number of ether oxygens (including phenoxy) is 1. The second-order valence-corrected chi connectivity index (χ2v) is 2.55. The summed E-state index contributed by atoms with van der Waals surface area (Å²) in [5, 5.41) is 2.78. The Balaban J connectivity index is 2.93. The summed E-state index contributed by atoms with van der Waals surface area (Å²) in [5.74, 6) is -0.384. The smallest absolute Gasteiger partial charge is 0.362 e. The summed E-state index contributed by atoms with van der Waals surface area (Å²) < 4.78 is 4.56. The molecule has 4 heteroatoms. The van der Waals surface area contributed by atoms with Gasteiger partial charge in [-0.1, -0.05) is 0 Å². The summed E-state index contributed by atoms with van der Waals surface area (Å²) in [5.41, 5.74) is 1.34. The normalized spacial score (nSPS) is 16.8. The average molecular weight is 157 g/mol. The summed E-state index contributed by atoms with van der Waals surface area (Å²) in [7, 11) is 0. The lowest BCUT2D eigenvalue weighted by atomic mass is 10.3. The van der Waals surface area contributed by atoms with Crippen molar-refractivity contribution in [1.29, 1.82) is 0 Å². The van der Waals surface area contributed by atoms with Gasteiger partial charge in [-0.2, -0.15) is 0 Å². The molecule has 1 rings (SSSR count). The second kappa shape index (κ2) is 2.38. The minimum atomic E-state index is -0.384. The highest BCUT2D eigenvalue weighted by Crippen LogP contribution is 2.08. The zero-order valence-electron chi connectivity index (χ0n) is 5.72. The van der Waals surface area contributed by atoms with Gasteiger partial charge in [-0.05, 0) is 31.6 Å². The molecule has 0 atom stereocenters. The van der Waals surface area contributed by atoms with Crippen LogP contribution in [0, 0.1) is 0 Å². The van der Waals surface area contributed by atoms with Crippen molar-refractivity contribution in [2.24, 2.45) is 0 Å². The standard InChI is InChI=1S/C6H7NO2S/c1-3(2)4-5(8)9-6(10)7-4/h1-2H3,(H,7,10). The Labute approximate surface area is 64.1 Å². The van der Waals surface area contributed by atoms with E-state index in [0.717, 1.165) is 5.57 Å². The lowest BCUT2D eigenvalue weighted by Gasteiger charge is -1.92. The van der Waals surface area contributed by atoms with Crippen LogP contribution in [0.3, 0.4) is 0 Å². The van der Waals surface area contributed by atoms with Crippen molar-refractivity contribution in [2.75, 3.05) is 0 Å². The molecule has 1 aliphatic heterocycles. The maximum Gasteiger partial charge on any atom is 0.362 e. The fourth-order valence-corrected chi connectivity index (χ4v) is 0.821. The van der Waals surface area contributed by atoms with E-state index in [4.69, 9.17) is 0 Å². The molecule has 3 nitrogen and oxygen atoms in total. The molecule has 1 N–H and O–H groups in total. The Morgan fingerprint density at radius 3 is 2.40 bits per heavy atom. The van der Waals surface area contributed by atoms with Gasteiger partial charge in [0.25, 0.3) is 5.17 Å². The predicted octanol–water partition coefficient (Wildman–Crippen LogP) is 0.712. The fourth-order valence-electron chi connectivity index (χ4n) is 0.643. The van der Waals surface area contributed by atoms with Crippen molar-refractivity contribution in [3.63, 3.8) is 0 Å². The molecule has 0 radical (unpaired) electrons. The van der Waals surface area contributed by atoms with E-state index in [9.17, 15) is 4.79 Å². The molecule has 0 spiro atoms. The first-order valence-electron chi connectivity index (χ1n) is 2.82. The summed E-state index contributed by atoms with van der Waals surface area (Å²) in [4.78, 5) is 10.8. The highest BCUT2D eigenvalue weighted by atomic mass is 32.1. The Bertz CT molecular complexity index is 228. The number of rotatable bonds is 0. The van der Waals surface area contributed by atoms with E-state index in [1.807, 2.05) is 13.8 Å². The molecule has 0 aromatic heterocycles. The highest BCUT2D eigenvalue weighted by molar-refractivity contribution is 7.80. The van der Waals surface area contributed by atoms with Gasteiger partial charge in [0.05, 0.1) is 0 Å². The first-order chi connectivity index (χ1) is 4.61. The first-order valence-corrected chi connectivity index (χ1v) is 3.22. The SMILES string of the molecule is CC(C)=C1NC(=S)OC1=O. The molecule has 1 saturated heterocycles. The van der Waals surface area contributed by atoms with Gasteiger partial charge in [-0.25, -0.2) is 4.79 Å². The summed E-state index contributed by atoms with van der Waals surface area (Å²) in [6.07, 6.45) is 0. The molecule has 1 aliphatic rings. The molecule has 1 fully saturated rings. The number of carbonyl (C=O) groups is 1. The summed E-state index contributed by atoms with van der Waals surface area (Å²) in [6, 6.07) is 0. The van der Waals surface area contributed by atoms with E-state index in [1.165, 1.54) is 0 Å². The molecule has 0 amide bonds. The molecule has 54 valence electrons. The van der Waals surface area contributed by atoms with Gasteiger partial charge in [0.15, 0.2) is 0 Å². The number of nitrogens with one attached hydrogen (secondary N) is 1. The van der Waals surface area contributed by atoms with Crippen LogP contribution >= 0.6 is 12.2 Å². The third-order valence-corrected chi connectivity index (χ3v) is 1.30. The van der Waals surface area contributed by atoms with E-state index < -0.39 is 0 Å². The van der Waals surface area contributed by atoms with Crippen LogP contribution in [0.1, 0.15) is 13.8 Å². The van der Waals surface area contributed by atoms with E-state index in [1.54, 1.807) is 0 Å². The number of thiocarbonyl (C=S) groups is 1. The van der Waals surface area contributed by atoms with Crippen LogP contribution in [-0.2, 0) is 9.53 Å². The highest BCUT2D eigenvalue weighted by Gasteiger charge is 2.23. The molecule has 0 aromatic carbocycles. The van der Waals surface area contributed by atoms with E-state index in [-0.39, 0.29) is 11.1 Å². The van der Waals surface area contributed by atoms with Crippen molar-refractivity contribution >= 4 is 23.4 Å². The summed E-state index contributed by atoms with van der Waals surface area (Å²) in [6.45, 7) is 3.63. The quantitative estimate of drug-likeness (QED) is 0.319. The molecule has 10 heavy (non-hydrogen) atoms. The first kappa shape index (κ1) is 7.21. The molecule has 0 saturated carbocycles. The third kappa shape index (κ3) is 1.16. The van der Waals surface area contributed by atoms with Gasteiger partial charge < -0.3 is 10.1 Å². The predicted molar refractivity (Wildman–Crippen MR) is 40.2 cm³/mol. The molecule has 1 heterocycles. The van der Waals surface area contributed by atoms with Gasteiger partial charge in [0.1, 0.15) is 5.70 Å². The number of hydrogen-bond donors (Lipinski definition) is 1. The fraction of sp³-hybridized carbons (Fsp3) is 0.333. The maximum atomic E-state index is 10.8. The Hall–Kier alpha value is -0.900. The lowest BCUT2D eigenvalue weighted by molar-refractivity contribution is -0.129. The zero-order chi connectivity index (χ0) is 7.72.